The average molecular weight is 294 g/mol. The van der Waals surface area contributed by atoms with Crippen LogP contribution in [0.3, 0.4) is 0 Å². The Labute approximate surface area is 131 Å². The first-order chi connectivity index (χ1) is 10.9. The summed E-state index contributed by atoms with van der Waals surface area (Å²) in [5, 5.41) is 2.65. The number of nitrogens with zero attached hydrogens (tertiary/aromatic N) is 2. The first kappa shape index (κ1) is 13.6. The molecular weight excluding hydrogens is 272 g/mol. The third-order valence-corrected chi connectivity index (χ3v) is 4.82. The summed E-state index contributed by atoms with van der Waals surface area (Å²) in [5.74, 6) is 0.928. The van der Waals surface area contributed by atoms with Crippen LogP contribution < -0.4 is 4.74 Å². The highest BCUT2D eigenvalue weighted by Crippen LogP contribution is 2.31. The van der Waals surface area contributed by atoms with Gasteiger partial charge in [-0.1, -0.05) is 18.2 Å². The molecular formula is C19H22N2O. The van der Waals surface area contributed by atoms with Gasteiger partial charge in [0.15, 0.2) is 0 Å². The quantitative estimate of drug-likeness (QED) is 0.726. The number of ether oxygens (including phenoxy) is 1. The predicted octanol–water partition coefficient (Wildman–Crippen LogP) is 3.90. The van der Waals surface area contributed by atoms with E-state index in [0.717, 1.165) is 18.8 Å². The Balaban J connectivity index is 1.81. The van der Waals surface area contributed by atoms with Gasteiger partial charge >= 0.3 is 0 Å². The average Bonchev–Trinajstić information content (AvgIpc) is 3.18. The predicted molar refractivity (Wildman–Crippen MR) is 91.7 cm³/mol. The van der Waals surface area contributed by atoms with E-state index in [4.69, 9.17) is 4.74 Å². The van der Waals surface area contributed by atoms with Crippen molar-refractivity contribution >= 4 is 21.8 Å². The fraction of sp³-hybridized carbons (Fsp3) is 0.368. The molecule has 0 saturated carbocycles. The summed E-state index contributed by atoms with van der Waals surface area (Å²) in [6.07, 6.45) is 2.70. The van der Waals surface area contributed by atoms with Gasteiger partial charge in [0.2, 0.25) is 0 Å². The third-order valence-electron chi connectivity index (χ3n) is 4.82. The fourth-order valence-corrected chi connectivity index (χ4v) is 3.64. The van der Waals surface area contributed by atoms with E-state index < -0.39 is 0 Å². The van der Waals surface area contributed by atoms with Crippen molar-refractivity contribution in [3.8, 4) is 5.75 Å². The van der Waals surface area contributed by atoms with Gasteiger partial charge in [0.05, 0.1) is 12.6 Å². The van der Waals surface area contributed by atoms with Crippen LogP contribution in [0.1, 0.15) is 12.8 Å². The number of benzene rings is 2. The fourth-order valence-electron chi connectivity index (χ4n) is 3.64. The van der Waals surface area contributed by atoms with Crippen LogP contribution in [0.15, 0.2) is 42.5 Å². The topological polar surface area (TPSA) is 17.4 Å². The molecule has 1 aliphatic heterocycles. The van der Waals surface area contributed by atoms with Crippen LogP contribution in [-0.4, -0.2) is 36.2 Å². The molecule has 1 aromatic heterocycles. The highest BCUT2D eigenvalue weighted by atomic mass is 16.5. The van der Waals surface area contributed by atoms with Gasteiger partial charge in [-0.05, 0) is 44.1 Å². The van der Waals surface area contributed by atoms with E-state index in [1.165, 1.54) is 47.7 Å². The van der Waals surface area contributed by atoms with Gasteiger partial charge in [-0.15, -0.1) is 0 Å². The van der Waals surface area contributed by atoms with Crippen LogP contribution in [0.4, 0.5) is 0 Å². The van der Waals surface area contributed by atoms with Crippen molar-refractivity contribution in [2.45, 2.75) is 19.4 Å². The molecule has 0 atom stereocenters. The Hall–Kier alpha value is -2.00. The largest absolute Gasteiger partial charge is 0.497 e. The molecule has 1 saturated heterocycles. The molecule has 0 unspecified atom stereocenters. The number of likely N-dealkylation sites (tertiary alicyclic amines) is 1. The molecule has 0 bridgehead atoms. The highest BCUT2D eigenvalue weighted by Gasteiger charge is 2.14. The van der Waals surface area contributed by atoms with Crippen LogP contribution >= 0.6 is 0 Å². The van der Waals surface area contributed by atoms with Crippen molar-refractivity contribution in [3.63, 3.8) is 0 Å². The Kier molecular flexibility index (Phi) is 3.51. The van der Waals surface area contributed by atoms with Crippen LogP contribution in [0, 0.1) is 0 Å². The van der Waals surface area contributed by atoms with Gasteiger partial charge in [0.1, 0.15) is 5.75 Å². The van der Waals surface area contributed by atoms with Crippen LogP contribution in [0.25, 0.3) is 21.8 Å². The number of para-hydroxylation sites is 1. The molecule has 3 aromatic rings. The van der Waals surface area contributed by atoms with Gasteiger partial charge in [-0.25, -0.2) is 0 Å². The molecule has 1 aliphatic rings. The summed E-state index contributed by atoms with van der Waals surface area (Å²) in [7, 11) is 1.73. The summed E-state index contributed by atoms with van der Waals surface area (Å²) in [6, 6.07) is 15.1. The van der Waals surface area contributed by atoms with Gasteiger partial charge in [0.25, 0.3) is 0 Å². The van der Waals surface area contributed by atoms with E-state index in [1.54, 1.807) is 7.11 Å². The minimum Gasteiger partial charge on any atom is -0.497 e. The zero-order chi connectivity index (χ0) is 14.9. The second-order valence-electron chi connectivity index (χ2n) is 6.10. The highest BCUT2D eigenvalue weighted by molar-refractivity contribution is 6.08. The number of methoxy groups -OCH3 is 1. The molecule has 22 heavy (non-hydrogen) atoms. The zero-order valence-electron chi connectivity index (χ0n) is 13.1. The summed E-state index contributed by atoms with van der Waals surface area (Å²) in [6.45, 7) is 4.67. The van der Waals surface area contributed by atoms with Crippen molar-refractivity contribution < 1.29 is 4.74 Å². The summed E-state index contributed by atoms with van der Waals surface area (Å²) < 4.78 is 7.88. The monoisotopic (exact) mass is 294 g/mol. The molecule has 0 spiro atoms. The molecule has 2 heterocycles. The second-order valence-corrected chi connectivity index (χ2v) is 6.10. The maximum absolute atomic E-state index is 5.43. The minimum absolute atomic E-state index is 0.928. The lowest BCUT2D eigenvalue weighted by molar-refractivity contribution is 0.326. The van der Waals surface area contributed by atoms with E-state index >= 15 is 0 Å². The Morgan fingerprint density at radius 2 is 1.68 bits per heavy atom. The number of hydrogen-bond acceptors (Lipinski definition) is 2. The molecule has 2 aromatic carbocycles. The molecule has 0 aliphatic carbocycles. The summed E-state index contributed by atoms with van der Waals surface area (Å²) in [5.41, 5.74) is 2.60. The standard InChI is InChI=1S/C19H22N2O/c1-22-15-8-9-17-16-6-2-3-7-18(16)21(19(17)14-15)13-12-20-10-4-5-11-20/h2-3,6-9,14H,4-5,10-13H2,1H3. The maximum Gasteiger partial charge on any atom is 0.120 e. The van der Waals surface area contributed by atoms with E-state index in [2.05, 4.69) is 51.9 Å². The molecule has 0 N–H and O–H groups in total. The van der Waals surface area contributed by atoms with E-state index in [-0.39, 0.29) is 0 Å². The van der Waals surface area contributed by atoms with Crippen LogP contribution in [0.5, 0.6) is 5.75 Å². The van der Waals surface area contributed by atoms with Gasteiger partial charge in [-0.2, -0.15) is 0 Å². The lowest BCUT2D eigenvalue weighted by Gasteiger charge is -2.16. The van der Waals surface area contributed by atoms with Crippen molar-refractivity contribution in [2.24, 2.45) is 0 Å². The third kappa shape index (κ3) is 2.26. The smallest absolute Gasteiger partial charge is 0.120 e. The van der Waals surface area contributed by atoms with Gasteiger partial charge in [-0.3, -0.25) is 0 Å². The minimum atomic E-state index is 0.928. The van der Waals surface area contributed by atoms with E-state index in [0.29, 0.717) is 0 Å². The molecule has 0 amide bonds. The first-order valence-electron chi connectivity index (χ1n) is 8.14. The Morgan fingerprint density at radius 1 is 0.909 bits per heavy atom. The summed E-state index contributed by atoms with van der Waals surface area (Å²) in [4.78, 5) is 2.57. The van der Waals surface area contributed by atoms with Crippen LogP contribution in [0.2, 0.25) is 0 Å². The molecule has 0 radical (unpaired) electrons. The van der Waals surface area contributed by atoms with E-state index in [1.807, 2.05) is 0 Å². The molecule has 3 heteroatoms. The van der Waals surface area contributed by atoms with Crippen molar-refractivity contribution in [2.75, 3.05) is 26.7 Å². The van der Waals surface area contributed by atoms with Crippen molar-refractivity contribution in [3.05, 3.63) is 42.5 Å². The first-order valence-corrected chi connectivity index (χ1v) is 8.14. The number of rotatable bonds is 4. The molecule has 3 nitrogen and oxygen atoms in total. The van der Waals surface area contributed by atoms with Gasteiger partial charge in [0, 0.05) is 35.4 Å². The van der Waals surface area contributed by atoms with Crippen LogP contribution in [-0.2, 0) is 6.54 Å². The van der Waals surface area contributed by atoms with E-state index in [9.17, 15) is 0 Å². The number of aromatic nitrogens is 1. The number of fused-ring (bicyclic) bond motifs is 3. The Bertz CT molecular complexity index is 800. The lowest BCUT2D eigenvalue weighted by atomic mass is 10.1. The zero-order valence-corrected chi connectivity index (χ0v) is 13.1. The van der Waals surface area contributed by atoms with Gasteiger partial charge < -0.3 is 14.2 Å². The van der Waals surface area contributed by atoms with Crippen molar-refractivity contribution in [1.29, 1.82) is 0 Å². The SMILES string of the molecule is COc1ccc2c3ccccc3n(CCN3CCCC3)c2c1. The maximum atomic E-state index is 5.43. The molecule has 4 rings (SSSR count). The number of hydrogen-bond donors (Lipinski definition) is 0. The normalized spacial score (nSPS) is 15.9. The Morgan fingerprint density at radius 3 is 2.50 bits per heavy atom. The molecule has 114 valence electrons. The van der Waals surface area contributed by atoms with Crippen molar-refractivity contribution in [1.82, 2.24) is 9.47 Å². The lowest BCUT2D eigenvalue weighted by Crippen LogP contribution is -2.24. The second kappa shape index (κ2) is 5.65. The summed E-state index contributed by atoms with van der Waals surface area (Å²) >= 11 is 0. The molecule has 1 fully saturated rings.